The van der Waals surface area contributed by atoms with Crippen LogP contribution in [0.1, 0.15) is 11.3 Å². The van der Waals surface area contributed by atoms with Crippen LogP contribution in [0.5, 0.6) is 5.75 Å². The summed E-state index contributed by atoms with van der Waals surface area (Å²) >= 11 is 0. The number of hydrogen-bond donors (Lipinski definition) is 1. The Hall–Kier alpha value is -1.15. The summed E-state index contributed by atoms with van der Waals surface area (Å²) in [5.41, 5.74) is 0.667. The number of benzene rings is 2. The van der Waals surface area contributed by atoms with Gasteiger partial charge in [-0.15, -0.1) is 0 Å². The van der Waals surface area contributed by atoms with E-state index in [0.717, 1.165) is 11.3 Å². The van der Waals surface area contributed by atoms with E-state index in [4.69, 9.17) is 4.74 Å². The highest BCUT2D eigenvalue weighted by Gasteiger charge is 2.60. The highest BCUT2D eigenvalue weighted by atomic mass is 29.6. The van der Waals surface area contributed by atoms with Gasteiger partial charge in [0, 0.05) is 15.2 Å². The lowest BCUT2D eigenvalue weighted by Crippen LogP contribution is -2.81. The minimum atomic E-state index is -2.15. The molecule has 0 aliphatic carbocycles. The maximum Gasteiger partial charge on any atom is 0.118 e. The molecule has 0 bridgehead atoms. The average molecular weight is 389 g/mol. The van der Waals surface area contributed by atoms with Crippen molar-refractivity contribution in [1.82, 2.24) is 0 Å². The average Bonchev–Trinajstić information content (AvgIpc) is 2.53. The fourth-order valence-electron chi connectivity index (χ4n) is 4.71. The minimum Gasteiger partial charge on any atom is -0.497 e. The van der Waals surface area contributed by atoms with E-state index < -0.39 is 22.3 Å². The molecule has 0 saturated heterocycles. The van der Waals surface area contributed by atoms with Crippen LogP contribution in [0.15, 0.2) is 54.6 Å². The Morgan fingerprint density at radius 3 is 1.64 bits per heavy atom. The molecule has 1 unspecified atom stereocenters. The molecule has 0 saturated carbocycles. The second-order valence-electron chi connectivity index (χ2n) is 8.85. The molecule has 5 heteroatoms. The van der Waals surface area contributed by atoms with Crippen molar-refractivity contribution in [2.24, 2.45) is 0 Å². The maximum absolute atomic E-state index is 11.8. The topological polar surface area (TPSA) is 29.5 Å². The minimum absolute atomic E-state index is 0.376. The number of methoxy groups -OCH3 is 1. The summed E-state index contributed by atoms with van der Waals surface area (Å²) in [5.74, 6) is 0.837. The Morgan fingerprint density at radius 1 is 0.760 bits per heavy atom. The van der Waals surface area contributed by atoms with Crippen LogP contribution in [0.3, 0.4) is 0 Å². The van der Waals surface area contributed by atoms with Crippen LogP contribution < -0.4 is 9.92 Å². The van der Waals surface area contributed by atoms with Crippen molar-refractivity contribution in [1.29, 1.82) is 0 Å². The highest BCUT2D eigenvalue weighted by molar-refractivity contribution is 7.73. The van der Waals surface area contributed by atoms with E-state index in [1.807, 2.05) is 12.1 Å². The standard InChI is InChI=1S/C20H32O2Si3/c1-22-18-15-13-17(14-16-18)20(21)25(23(2,3)4,24(5,6)7)19-11-9-8-10-12-19/h8-16,20-21H,1-7H3. The molecular formula is C20H32O2Si3. The van der Waals surface area contributed by atoms with Crippen LogP contribution in [0.4, 0.5) is 0 Å². The lowest BCUT2D eigenvalue weighted by Gasteiger charge is -2.53. The van der Waals surface area contributed by atoms with Crippen LogP contribution in [-0.2, 0) is 0 Å². The summed E-state index contributed by atoms with van der Waals surface area (Å²) in [6.45, 7) is 14.7. The van der Waals surface area contributed by atoms with Crippen molar-refractivity contribution >= 4 is 27.5 Å². The summed E-state index contributed by atoms with van der Waals surface area (Å²) in [6, 6.07) is 18.9. The Labute approximate surface area is 155 Å². The summed E-state index contributed by atoms with van der Waals surface area (Å²) in [6.07, 6.45) is 0. The third kappa shape index (κ3) is 3.56. The molecule has 2 rings (SSSR count). The Morgan fingerprint density at radius 2 is 1.24 bits per heavy atom. The van der Waals surface area contributed by atoms with Gasteiger partial charge in [-0.1, -0.05) is 86.9 Å². The van der Waals surface area contributed by atoms with Crippen molar-refractivity contribution in [3.63, 3.8) is 0 Å². The SMILES string of the molecule is COc1ccc(C(O)[Si](c2ccccc2)([Si](C)(C)C)[Si](C)(C)C)cc1. The van der Waals surface area contributed by atoms with Gasteiger partial charge in [0.1, 0.15) is 12.9 Å². The predicted molar refractivity (Wildman–Crippen MR) is 116 cm³/mol. The van der Waals surface area contributed by atoms with E-state index in [9.17, 15) is 5.11 Å². The molecule has 0 heterocycles. The molecule has 1 atom stereocenters. The van der Waals surface area contributed by atoms with Crippen molar-refractivity contribution in [2.75, 3.05) is 7.11 Å². The fraction of sp³-hybridized carbons (Fsp3) is 0.400. The van der Waals surface area contributed by atoms with Gasteiger partial charge in [0.25, 0.3) is 0 Å². The molecule has 0 radical (unpaired) electrons. The van der Waals surface area contributed by atoms with Crippen molar-refractivity contribution in [2.45, 2.75) is 45.0 Å². The molecule has 136 valence electrons. The van der Waals surface area contributed by atoms with Gasteiger partial charge >= 0.3 is 0 Å². The largest absolute Gasteiger partial charge is 0.497 e. The molecule has 2 aromatic carbocycles. The van der Waals surface area contributed by atoms with Crippen LogP contribution in [-0.4, -0.2) is 34.5 Å². The maximum atomic E-state index is 11.8. The zero-order valence-corrected chi connectivity index (χ0v) is 19.6. The molecule has 2 aromatic rings. The van der Waals surface area contributed by atoms with Gasteiger partial charge in [0.15, 0.2) is 0 Å². The van der Waals surface area contributed by atoms with Crippen LogP contribution in [0.25, 0.3) is 0 Å². The van der Waals surface area contributed by atoms with Gasteiger partial charge in [-0.2, -0.15) is 0 Å². The Balaban J connectivity index is 2.73. The van der Waals surface area contributed by atoms with Crippen LogP contribution in [0.2, 0.25) is 39.3 Å². The first kappa shape index (κ1) is 20.2. The molecule has 2 nitrogen and oxygen atoms in total. The molecule has 0 spiro atoms. The normalized spacial score (nSPS) is 14.2. The van der Waals surface area contributed by atoms with Gasteiger partial charge in [-0.3, -0.25) is 0 Å². The number of hydrogen-bond acceptors (Lipinski definition) is 2. The second-order valence-corrected chi connectivity index (χ2v) is 35.8. The third-order valence-corrected chi connectivity index (χ3v) is 43.6. The Kier molecular flexibility index (Phi) is 5.83. The number of ether oxygens (including phenoxy) is 1. The summed E-state index contributed by atoms with van der Waals surface area (Å²) in [7, 11) is -3.80. The van der Waals surface area contributed by atoms with E-state index >= 15 is 0 Å². The monoisotopic (exact) mass is 388 g/mol. The van der Waals surface area contributed by atoms with Crippen LogP contribution in [0, 0.1) is 0 Å². The summed E-state index contributed by atoms with van der Waals surface area (Å²) < 4.78 is 5.30. The smallest absolute Gasteiger partial charge is 0.118 e. The first-order valence-corrected chi connectivity index (χ1v) is 20.0. The van der Waals surface area contributed by atoms with Crippen molar-refractivity contribution < 1.29 is 9.84 Å². The summed E-state index contributed by atoms with van der Waals surface area (Å²) in [4.78, 5) is 0. The molecule has 0 aliphatic heterocycles. The van der Waals surface area contributed by atoms with Gasteiger partial charge in [-0.25, -0.2) is 0 Å². The second kappa shape index (κ2) is 7.23. The molecule has 0 amide bonds. The molecule has 0 aromatic heterocycles. The van der Waals surface area contributed by atoms with Gasteiger partial charge in [0.05, 0.1) is 12.8 Å². The number of aliphatic hydroxyl groups excluding tert-OH is 1. The number of rotatable bonds is 6. The highest BCUT2D eigenvalue weighted by Crippen LogP contribution is 2.39. The van der Waals surface area contributed by atoms with Crippen LogP contribution >= 0.6 is 0 Å². The quantitative estimate of drug-likeness (QED) is 0.741. The number of aliphatic hydroxyl groups is 1. The summed E-state index contributed by atoms with van der Waals surface area (Å²) in [5, 5.41) is 13.2. The zero-order valence-electron chi connectivity index (χ0n) is 16.6. The molecular weight excluding hydrogens is 356 g/mol. The molecule has 1 N–H and O–H groups in total. The van der Waals surface area contributed by atoms with E-state index in [1.165, 1.54) is 5.19 Å². The van der Waals surface area contributed by atoms with Crippen molar-refractivity contribution in [3.8, 4) is 5.75 Å². The predicted octanol–water partition coefficient (Wildman–Crippen LogP) is 4.46. The van der Waals surface area contributed by atoms with Gasteiger partial charge < -0.3 is 9.84 Å². The lowest BCUT2D eigenvalue weighted by molar-refractivity contribution is 0.255. The Bertz CT molecular complexity index is 672. The first-order valence-electron chi connectivity index (χ1n) is 8.93. The lowest BCUT2D eigenvalue weighted by atomic mass is 10.2. The van der Waals surface area contributed by atoms with E-state index in [0.29, 0.717) is 0 Å². The van der Waals surface area contributed by atoms with Gasteiger partial charge in [-0.05, 0) is 17.7 Å². The third-order valence-electron chi connectivity index (χ3n) is 5.44. The van der Waals surface area contributed by atoms with E-state index in [1.54, 1.807) is 7.11 Å². The first-order chi connectivity index (χ1) is 11.6. The molecule has 25 heavy (non-hydrogen) atoms. The van der Waals surface area contributed by atoms with Crippen molar-refractivity contribution in [3.05, 3.63) is 60.2 Å². The molecule has 0 fully saturated rings. The fourth-order valence-corrected chi connectivity index (χ4v) is 51.2. The van der Waals surface area contributed by atoms with E-state index in [2.05, 4.69) is 81.7 Å². The molecule has 0 aliphatic rings. The van der Waals surface area contributed by atoms with E-state index in [-0.39, 0.29) is 5.73 Å². The zero-order chi connectivity index (χ0) is 18.9. The van der Waals surface area contributed by atoms with Gasteiger partial charge in [0.2, 0.25) is 0 Å².